The fraction of sp³-hybridized carbons (Fsp3) is 0.174. The van der Waals surface area contributed by atoms with Crippen molar-refractivity contribution in [3.63, 3.8) is 0 Å². The Hall–Kier alpha value is -1.01. The van der Waals surface area contributed by atoms with E-state index in [1.165, 1.54) is 16.7 Å². The summed E-state index contributed by atoms with van der Waals surface area (Å²) in [5.74, 6) is 0. The first kappa shape index (κ1) is 21.3. The Labute approximate surface area is 176 Å². The number of hydrogen-bond acceptors (Lipinski definition) is 0. The molecule has 1 unspecified atom stereocenters. The molecule has 0 aliphatic heterocycles. The molecule has 2 aromatic rings. The van der Waals surface area contributed by atoms with Crippen molar-refractivity contribution in [3.8, 4) is 0 Å². The minimum atomic E-state index is -2.01. The zero-order valence-corrected chi connectivity index (χ0v) is 19.0. The van der Waals surface area contributed by atoms with Crippen LogP contribution in [0.1, 0.15) is 40.6 Å². The van der Waals surface area contributed by atoms with E-state index in [9.17, 15) is 0 Å². The molecule has 0 amide bonds. The van der Waals surface area contributed by atoms with Crippen LogP contribution in [-0.2, 0) is 21.3 Å². The maximum absolute atomic E-state index is 2.49. The van der Waals surface area contributed by atoms with Crippen molar-refractivity contribution in [1.29, 1.82) is 0 Å². The van der Waals surface area contributed by atoms with Crippen molar-refractivity contribution in [2.45, 2.75) is 23.9 Å². The Morgan fingerprint density at radius 1 is 0.962 bits per heavy atom. The molecule has 4 rings (SSSR count). The molecule has 0 nitrogen and oxygen atoms in total. The van der Waals surface area contributed by atoms with Crippen molar-refractivity contribution in [3.05, 3.63) is 98.4 Å². The van der Waals surface area contributed by atoms with E-state index in [1.807, 2.05) is 0 Å². The van der Waals surface area contributed by atoms with Crippen LogP contribution in [-0.4, -0.2) is 3.21 Å². The molecule has 0 spiro atoms. The Balaban J connectivity index is 0.00000121. The van der Waals surface area contributed by atoms with E-state index in [4.69, 9.17) is 0 Å². The van der Waals surface area contributed by atoms with Gasteiger partial charge in [0.15, 0.2) is 0 Å². The maximum Gasteiger partial charge on any atom is -1.00 e. The van der Waals surface area contributed by atoms with Crippen LogP contribution in [0.25, 0.3) is 6.08 Å². The molecule has 2 aliphatic rings. The summed E-state index contributed by atoms with van der Waals surface area (Å²) in [7, 11) is 0. The van der Waals surface area contributed by atoms with Crippen LogP contribution >= 0.6 is 0 Å². The van der Waals surface area contributed by atoms with Crippen LogP contribution in [0, 0.1) is 0 Å². The molecule has 26 heavy (non-hydrogen) atoms. The minimum Gasteiger partial charge on any atom is -1.00 e. The van der Waals surface area contributed by atoms with Gasteiger partial charge in [-0.2, -0.15) is 0 Å². The summed E-state index contributed by atoms with van der Waals surface area (Å²) in [6.07, 6.45) is 10.9. The molecule has 2 aliphatic carbocycles. The van der Waals surface area contributed by atoms with E-state index in [0.29, 0.717) is 3.63 Å². The first-order valence-corrected chi connectivity index (χ1v) is 12.5. The number of halogens is 2. The molecule has 1 atom stereocenters. The fourth-order valence-electron chi connectivity index (χ4n) is 3.87. The number of benzene rings is 2. The molecule has 2 aromatic carbocycles. The first-order valence-electron chi connectivity index (χ1n) is 8.65. The molecule has 0 saturated heterocycles. The van der Waals surface area contributed by atoms with Crippen molar-refractivity contribution in [2.75, 3.05) is 0 Å². The average molecular weight is 461 g/mol. The molecule has 0 bridgehead atoms. The molecular weight excluding hydrogens is 438 g/mol. The Morgan fingerprint density at radius 3 is 2.35 bits per heavy atom. The van der Waals surface area contributed by atoms with Crippen LogP contribution in [0.4, 0.5) is 0 Å². The third-order valence-electron chi connectivity index (χ3n) is 5.11. The van der Waals surface area contributed by atoms with Crippen LogP contribution in [0.5, 0.6) is 0 Å². The number of rotatable bonds is 3. The van der Waals surface area contributed by atoms with Gasteiger partial charge in [-0.1, -0.05) is 0 Å². The summed E-state index contributed by atoms with van der Waals surface area (Å²) < 4.78 is 4.04. The first-order chi connectivity index (χ1) is 11.7. The fourth-order valence-corrected chi connectivity index (χ4v) is 12.2. The summed E-state index contributed by atoms with van der Waals surface area (Å²) in [6, 6.07) is 20.0. The molecule has 0 saturated carbocycles. The van der Waals surface area contributed by atoms with Crippen LogP contribution in [0.3, 0.4) is 0 Å². The molecule has 0 aromatic heterocycles. The van der Waals surface area contributed by atoms with Gasteiger partial charge in [0.25, 0.3) is 0 Å². The predicted octanol–water partition coefficient (Wildman–Crippen LogP) is -0.145. The second kappa shape index (κ2) is 9.27. The Morgan fingerprint density at radius 2 is 1.65 bits per heavy atom. The Kier molecular flexibility index (Phi) is 7.59. The van der Waals surface area contributed by atoms with Crippen molar-refractivity contribution < 1.29 is 46.1 Å². The van der Waals surface area contributed by atoms with E-state index in [2.05, 4.69) is 92.7 Å². The summed E-state index contributed by atoms with van der Waals surface area (Å²) in [4.78, 5) is 0. The average Bonchev–Trinajstić information content (AvgIpc) is 3.23. The van der Waals surface area contributed by atoms with Gasteiger partial charge in [0.1, 0.15) is 0 Å². The largest absolute Gasteiger partial charge is 1.00 e. The van der Waals surface area contributed by atoms with E-state index < -0.39 is 21.3 Å². The van der Waals surface area contributed by atoms with Gasteiger partial charge in [-0.15, -0.1) is 0 Å². The van der Waals surface area contributed by atoms with Gasteiger partial charge in [-0.05, 0) is 0 Å². The third kappa shape index (κ3) is 4.11. The van der Waals surface area contributed by atoms with E-state index in [-0.39, 0.29) is 24.8 Å². The summed E-state index contributed by atoms with van der Waals surface area (Å²) in [6.45, 7) is 4.64. The quantitative estimate of drug-likeness (QED) is 0.598. The van der Waals surface area contributed by atoms with Crippen LogP contribution in [0.15, 0.2) is 81.7 Å². The van der Waals surface area contributed by atoms with Crippen LogP contribution in [0.2, 0.25) is 0 Å². The molecule has 132 valence electrons. The SMILES string of the molecule is CC1=CC[C](/[Zr+2](=[C](/C)c2ccccc2)[CH]2C=Cc3ccccc32)=C1.[Cl-].[Cl-]. The van der Waals surface area contributed by atoms with Gasteiger partial charge in [0.05, 0.1) is 0 Å². The standard InChI is InChI=1S/C9H7.C8H8.C6H7.2ClH.Zr/c1-2-5-9-7-3-6-8(9)4-1;1-2-8-6-4-3-5-7-8;1-6-4-2-3-5-6;;;/h1-7H;3-7H,1H3;4-5H,2H2,1H3;2*1H;/q;;;;;+2/p-2. The summed E-state index contributed by atoms with van der Waals surface area (Å²) in [5, 5.41) is 0. The molecule has 3 heteroatoms. The zero-order chi connectivity index (χ0) is 16.5. The molecule has 0 heterocycles. The number of allylic oxidation sites excluding steroid dienone is 5. The number of hydrogen-bond donors (Lipinski definition) is 0. The normalized spacial score (nSPS) is 17.5. The molecule has 0 N–H and O–H groups in total. The van der Waals surface area contributed by atoms with Gasteiger partial charge in [-0.3, -0.25) is 0 Å². The van der Waals surface area contributed by atoms with Gasteiger partial charge >= 0.3 is 153 Å². The van der Waals surface area contributed by atoms with Gasteiger partial charge in [-0.25, -0.2) is 0 Å². The van der Waals surface area contributed by atoms with Crippen molar-refractivity contribution >= 4 is 9.28 Å². The van der Waals surface area contributed by atoms with Crippen LogP contribution < -0.4 is 24.8 Å². The van der Waals surface area contributed by atoms with Gasteiger partial charge in [0, 0.05) is 0 Å². The van der Waals surface area contributed by atoms with Crippen molar-refractivity contribution in [1.82, 2.24) is 0 Å². The zero-order valence-electron chi connectivity index (χ0n) is 15.0. The molecule has 0 fully saturated rings. The maximum atomic E-state index is 2.49. The third-order valence-corrected chi connectivity index (χ3v) is 13.1. The minimum absolute atomic E-state index is 0. The van der Waals surface area contributed by atoms with Gasteiger partial charge in [0.2, 0.25) is 0 Å². The Bertz CT molecular complexity index is 905. The topological polar surface area (TPSA) is 0 Å². The second-order valence-corrected chi connectivity index (χ2v) is 13.7. The van der Waals surface area contributed by atoms with E-state index in [0.717, 1.165) is 6.42 Å². The molecule has 0 radical (unpaired) electrons. The summed E-state index contributed by atoms with van der Waals surface area (Å²) in [5.41, 5.74) is 5.85. The second-order valence-electron chi connectivity index (χ2n) is 6.69. The molecular formula is C23H22Cl2Zr. The monoisotopic (exact) mass is 458 g/mol. The van der Waals surface area contributed by atoms with E-state index in [1.54, 1.807) is 12.1 Å². The van der Waals surface area contributed by atoms with E-state index >= 15 is 0 Å². The van der Waals surface area contributed by atoms with Gasteiger partial charge < -0.3 is 24.8 Å². The smallest absolute Gasteiger partial charge is 1.00 e. The predicted molar refractivity (Wildman–Crippen MR) is 101 cm³/mol. The number of fused-ring (bicyclic) bond motifs is 1. The summed E-state index contributed by atoms with van der Waals surface area (Å²) >= 11 is -2.01. The van der Waals surface area contributed by atoms with Crippen molar-refractivity contribution in [2.24, 2.45) is 0 Å².